The molecule has 3 N–H and O–H groups in total. The molecule has 106 heavy (non-hydrogen) atoms. The number of carbonyl (C=O) groups excluding carboxylic acids is 1. The van der Waals surface area contributed by atoms with Crippen LogP contribution < -0.4 is 27.3 Å². The lowest BCUT2D eigenvalue weighted by Gasteiger charge is -2.32. The summed E-state index contributed by atoms with van der Waals surface area (Å²) in [5.74, 6) is 0. The second-order valence-electron chi connectivity index (χ2n) is 33.6. The van der Waals surface area contributed by atoms with Crippen molar-refractivity contribution in [3.05, 3.63) is 198 Å². The van der Waals surface area contributed by atoms with Gasteiger partial charge >= 0.3 is 35.6 Å². The molecule has 7 aliphatic rings. The summed E-state index contributed by atoms with van der Waals surface area (Å²) in [5.41, 5.74) is 15.1. The molecule has 4 aromatic heterocycles. The van der Waals surface area contributed by atoms with Gasteiger partial charge in [0.05, 0.1) is 78.8 Å². The Kier molecular flexibility index (Phi) is 19.0. The molecule has 542 valence electrons. The van der Waals surface area contributed by atoms with Crippen LogP contribution in [0, 0.1) is 0 Å². The fourth-order valence-electron chi connectivity index (χ4n) is 13.6. The van der Waals surface area contributed by atoms with E-state index in [0.29, 0.717) is 5.56 Å². The van der Waals surface area contributed by atoms with Gasteiger partial charge in [-0.1, -0.05) is 121 Å². The topological polar surface area (TPSA) is 183 Å². The molecule has 0 unspecified atom stereocenters. The van der Waals surface area contributed by atoms with Crippen LogP contribution in [0.25, 0.3) is 90.9 Å². The highest BCUT2D eigenvalue weighted by atomic mass is 16.7. The van der Waals surface area contributed by atoms with Gasteiger partial charge in [-0.15, -0.1) is 0 Å². The van der Waals surface area contributed by atoms with Crippen LogP contribution in [0.1, 0.15) is 172 Å². The van der Waals surface area contributed by atoms with E-state index in [0.717, 1.165) is 123 Å². The van der Waals surface area contributed by atoms with E-state index in [1.807, 2.05) is 64.4 Å². The van der Waals surface area contributed by atoms with Crippen LogP contribution in [0.15, 0.2) is 170 Å². The number of nitrogens with one attached hydrogen (secondary N) is 3. The molecule has 16 rings (SSSR count). The van der Waals surface area contributed by atoms with Gasteiger partial charge in [-0.3, -0.25) is 4.79 Å². The van der Waals surface area contributed by atoms with Crippen molar-refractivity contribution in [2.75, 3.05) is 0 Å². The number of carbonyl (C=O) groups is 1. The van der Waals surface area contributed by atoms with Gasteiger partial charge < -0.3 is 61.5 Å². The Morgan fingerprint density at radius 1 is 0.274 bits per heavy atom. The summed E-state index contributed by atoms with van der Waals surface area (Å²) < 4.78 is 64.0. The number of H-pyrrole nitrogens is 3. The van der Waals surface area contributed by atoms with Crippen molar-refractivity contribution in [1.29, 1.82) is 0 Å². The molecule has 0 amide bonds. The molecule has 7 aliphatic heterocycles. The fraction of sp³-hybridized carbons (Fsp3) is 0.353. The monoisotopic (exact) mass is 1420 g/mol. The molecule has 0 radical (unpaired) electrons. The Bertz CT molecular complexity index is 4420. The number of aldehydes is 1. The van der Waals surface area contributed by atoms with Gasteiger partial charge in [0, 0.05) is 62.3 Å². The molecule has 5 fully saturated rings. The molecular formula is C85H96B5N5O11. The van der Waals surface area contributed by atoms with Crippen LogP contribution in [0.2, 0.25) is 0 Å². The zero-order chi connectivity index (χ0) is 75.5. The van der Waals surface area contributed by atoms with Gasteiger partial charge in [-0.2, -0.15) is 0 Å². The minimum absolute atomic E-state index is 0.332. The molecule has 5 aromatic carbocycles. The summed E-state index contributed by atoms with van der Waals surface area (Å²) in [6.45, 7) is 41.3. The number of aromatic amines is 3. The van der Waals surface area contributed by atoms with Gasteiger partial charge in [0.2, 0.25) is 0 Å². The molecular weight excluding hydrogens is 1320 g/mol. The third-order valence-electron chi connectivity index (χ3n) is 23.7. The number of benzene rings is 5. The minimum Gasteiger partial charge on any atom is -0.399 e. The van der Waals surface area contributed by atoms with Crippen LogP contribution in [0.3, 0.4) is 0 Å². The van der Waals surface area contributed by atoms with E-state index in [1.165, 1.54) is 0 Å². The third kappa shape index (κ3) is 13.9. The molecule has 11 heterocycles. The lowest BCUT2D eigenvalue weighted by molar-refractivity contribution is 0.00578. The van der Waals surface area contributed by atoms with Crippen LogP contribution in [0.4, 0.5) is 0 Å². The van der Waals surface area contributed by atoms with E-state index < -0.39 is 73.3 Å². The maximum Gasteiger partial charge on any atom is 0.494 e. The van der Waals surface area contributed by atoms with Crippen LogP contribution in [-0.2, 0) is 46.5 Å². The Morgan fingerprint density at radius 3 is 0.632 bits per heavy atom. The van der Waals surface area contributed by atoms with E-state index in [9.17, 15) is 4.79 Å². The Hall–Kier alpha value is -8.43. The van der Waals surface area contributed by atoms with Crippen LogP contribution >= 0.6 is 0 Å². The molecule has 21 heteroatoms. The summed E-state index contributed by atoms with van der Waals surface area (Å²) >= 11 is 0. The number of hydrogen-bond donors (Lipinski definition) is 3. The number of aromatic nitrogens is 5. The quantitative estimate of drug-likeness (QED) is 0.0869. The SMILES string of the molecule is CC1(C)OB(c2ccc(-c3c4nc(c(-c5ccc(B6OC(C)(C)C(C)(C)O6)cc5)c5ccc([nH]5)c(-c5ccc(B6OC(C)(C)C(C)(C)O6)cc5)c5nc(c(-c6ccc(B7OC(C)(C)C(C)(C)O7)cc6)c6ccc3[nH]6)C=C5)C=C4)cc2)OC1(C)C.CC1(C)OB(c2ccc(C=O)cc2)OC1(C)C.c1cc[nH]c1. The highest BCUT2D eigenvalue weighted by molar-refractivity contribution is 6.64. The Morgan fingerprint density at radius 2 is 0.462 bits per heavy atom. The molecule has 0 saturated carbocycles. The Balaban J connectivity index is 0.000000366. The molecule has 8 bridgehead atoms. The highest BCUT2D eigenvalue weighted by Gasteiger charge is 2.56. The lowest BCUT2D eigenvalue weighted by Crippen LogP contribution is -2.41. The number of nitrogens with zero attached hydrogens (tertiary/aromatic N) is 2. The first-order chi connectivity index (χ1) is 49.8. The summed E-state index contributed by atoms with van der Waals surface area (Å²) in [5, 5.41) is 0. The number of rotatable bonds is 10. The highest BCUT2D eigenvalue weighted by Crippen LogP contribution is 2.44. The molecule has 0 atom stereocenters. The normalized spacial score (nSPS) is 20.5. The average Bonchev–Trinajstić information content (AvgIpc) is 1.65. The van der Waals surface area contributed by atoms with E-state index in [1.54, 1.807) is 12.1 Å². The molecule has 0 aliphatic carbocycles. The van der Waals surface area contributed by atoms with Gasteiger partial charge in [-0.25, -0.2) is 9.97 Å². The van der Waals surface area contributed by atoms with E-state index in [-0.39, 0.29) is 18.3 Å². The van der Waals surface area contributed by atoms with E-state index in [4.69, 9.17) is 56.5 Å². The van der Waals surface area contributed by atoms with Crippen molar-refractivity contribution in [2.45, 2.75) is 194 Å². The molecule has 16 nitrogen and oxygen atoms in total. The summed E-state index contributed by atoms with van der Waals surface area (Å²) in [6, 6.07) is 53.7. The standard InChI is InChI=1S/C68H74B4N4O8.C13H17BO3.C4H5N/c1-61(2)62(3,4)78-69(77-61)45-25-17-41(18-26-45)57-49-33-35-51(73-49)58(42-19-27-46(28-20-42)70-79-63(5,6)64(7,8)80-70)53-37-39-55(75-53)60(44-23-31-48(32-24-44)72-83-67(13,14)68(15,16)84-72)56-40-38-54(76-56)59(52-36-34-50(57)74-52)43-21-29-47(30-22-43)71-81-65(9,10)66(11,12)82-71;1-12(2)13(3,4)17-14(16-12)11-7-5-10(9-15)6-8-11;1-2-4-5-3-1/h17-40,73,76H,1-16H3;5-9H,1-4H3;1-5H. The lowest BCUT2D eigenvalue weighted by atomic mass is 9.78. The molecule has 9 aromatic rings. The first-order valence-electron chi connectivity index (χ1n) is 36.8. The van der Waals surface area contributed by atoms with Gasteiger partial charge in [0.15, 0.2) is 0 Å². The first kappa shape index (κ1) is 74.4. The van der Waals surface area contributed by atoms with Gasteiger partial charge in [-0.05, 0) is 249 Å². The largest absolute Gasteiger partial charge is 0.494 e. The van der Waals surface area contributed by atoms with E-state index in [2.05, 4.69) is 271 Å². The third-order valence-corrected chi connectivity index (χ3v) is 23.7. The number of fused-ring (bicyclic) bond motifs is 8. The zero-order valence-corrected chi connectivity index (χ0v) is 64.8. The van der Waals surface area contributed by atoms with Crippen LogP contribution in [0.5, 0.6) is 0 Å². The van der Waals surface area contributed by atoms with Crippen molar-refractivity contribution in [2.24, 2.45) is 0 Å². The maximum atomic E-state index is 10.6. The van der Waals surface area contributed by atoms with Crippen molar-refractivity contribution < 1.29 is 51.3 Å². The van der Waals surface area contributed by atoms with Crippen molar-refractivity contribution in [3.8, 4) is 44.5 Å². The van der Waals surface area contributed by atoms with Crippen molar-refractivity contribution in [1.82, 2.24) is 24.9 Å². The van der Waals surface area contributed by atoms with Crippen LogP contribution in [-0.4, -0.2) is 123 Å². The summed E-state index contributed by atoms with van der Waals surface area (Å²) in [4.78, 5) is 32.5. The predicted molar refractivity (Wildman–Crippen MR) is 432 cm³/mol. The minimum atomic E-state index is -0.514. The first-order valence-corrected chi connectivity index (χ1v) is 36.8. The van der Waals surface area contributed by atoms with Gasteiger partial charge in [0.1, 0.15) is 6.29 Å². The van der Waals surface area contributed by atoms with Gasteiger partial charge in [0.25, 0.3) is 0 Å². The molecule has 0 spiro atoms. The predicted octanol–water partition coefficient (Wildman–Crippen LogP) is 15.3. The van der Waals surface area contributed by atoms with E-state index >= 15 is 0 Å². The summed E-state index contributed by atoms with van der Waals surface area (Å²) in [7, 11) is -2.42. The average molecular weight is 1420 g/mol. The van der Waals surface area contributed by atoms with Crippen molar-refractivity contribution in [3.63, 3.8) is 0 Å². The Labute approximate surface area is 625 Å². The molecule has 5 saturated heterocycles. The number of hydrogen-bond acceptors (Lipinski definition) is 13. The fourth-order valence-corrected chi connectivity index (χ4v) is 13.6. The van der Waals surface area contributed by atoms with Crippen molar-refractivity contribution >= 4 is 116 Å². The summed E-state index contributed by atoms with van der Waals surface area (Å²) in [6.07, 6.45) is 13.1. The smallest absolute Gasteiger partial charge is 0.399 e. The second kappa shape index (κ2) is 27.1. The zero-order valence-electron chi connectivity index (χ0n) is 64.8. The maximum absolute atomic E-state index is 10.6. The second-order valence-corrected chi connectivity index (χ2v) is 33.6.